The lowest BCUT2D eigenvalue weighted by Crippen LogP contribution is -2.40. The monoisotopic (exact) mass is 449 g/mol. The van der Waals surface area contributed by atoms with Crippen molar-refractivity contribution in [2.45, 2.75) is 31.4 Å². The van der Waals surface area contributed by atoms with E-state index in [1.54, 1.807) is 30.3 Å². The predicted octanol–water partition coefficient (Wildman–Crippen LogP) is 2.89. The molecule has 0 spiro atoms. The number of thiophene rings is 1. The van der Waals surface area contributed by atoms with Gasteiger partial charge < -0.3 is 14.0 Å². The van der Waals surface area contributed by atoms with E-state index >= 15 is 0 Å². The number of fused-ring (bicyclic) bond motifs is 1. The Balaban J connectivity index is 1.63. The largest absolute Gasteiger partial charge is 0.453 e. The summed E-state index contributed by atoms with van der Waals surface area (Å²) in [5.41, 5.74) is 1.39. The Morgan fingerprint density at radius 1 is 1.27 bits per heavy atom. The topological polar surface area (TPSA) is 90.7 Å². The van der Waals surface area contributed by atoms with Gasteiger partial charge in [-0.1, -0.05) is 13.0 Å². The Hall–Kier alpha value is -2.27. The number of aryl methyl sites for hydroxylation is 1. The third-order valence-electron chi connectivity index (χ3n) is 4.91. The molecule has 0 bridgehead atoms. The minimum Gasteiger partial charge on any atom is -0.453 e. The zero-order valence-corrected chi connectivity index (χ0v) is 18.2. The SMILES string of the molecule is CCCn1c(COC(=O)c2cccs2)nc2cc(S(=O)(=O)N3CCOCC3)ccc21. The standard InChI is InChI=1S/C20H23N3O5S2/c1-2-7-23-17-6-5-15(30(25,26)22-8-10-27-11-9-22)13-16(17)21-19(23)14-28-20(24)18-4-3-12-29-18/h3-6,12-13H,2,7-11,14H2,1H3. The first kappa shape index (κ1) is 21.0. The van der Waals surface area contributed by atoms with Crippen LogP contribution in [-0.4, -0.2) is 54.5 Å². The van der Waals surface area contributed by atoms with Crippen LogP contribution in [0.5, 0.6) is 0 Å². The van der Waals surface area contributed by atoms with Crippen molar-refractivity contribution < 1.29 is 22.7 Å². The lowest BCUT2D eigenvalue weighted by Gasteiger charge is -2.26. The van der Waals surface area contributed by atoms with Crippen molar-refractivity contribution in [2.75, 3.05) is 26.3 Å². The highest BCUT2D eigenvalue weighted by atomic mass is 32.2. The fourth-order valence-corrected chi connectivity index (χ4v) is 5.48. The highest BCUT2D eigenvalue weighted by Crippen LogP contribution is 2.24. The number of sulfonamides is 1. The average Bonchev–Trinajstić information content (AvgIpc) is 3.41. The second-order valence-electron chi connectivity index (χ2n) is 6.90. The third kappa shape index (κ3) is 4.13. The molecule has 30 heavy (non-hydrogen) atoms. The first-order valence-electron chi connectivity index (χ1n) is 9.78. The molecule has 8 nitrogen and oxygen atoms in total. The van der Waals surface area contributed by atoms with Gasteiger partial charge in [0, 0.05) is 19.6 Å². The van der Waals surface area contributed by atoms with E-state index in [0.29, 0.717) is 49.1 Å². The number of hydrogen-bond acceptors (Lipinski definition) is 7. The Morgan fingerprint density at radius 3 is 2.77 bits per heavy atom. The number of morpholine rings is 1. The van der Waals surface area contributed by atoms with E-state index in [2.05, 4.69) is 4.98 Å². The van der Waals surface area contributed by atoms with Gasteiger partial charge >= 0.3 is 5.97 Å². The van der Waals surface area contributed by atoms with Crippen LogP contribution < -0.4 is 0 Å². The summed E-state index contributed by atoms with van der Waals surface area (Å²) in [6.07, 6.45) is 0.866. The molecule has 1 saturated heterocycles. The molecule has 0 radical (unpaired) electrons. The van der Waals surface area contributed by atoms with E-state index in [-0.39, 0.29) is 11.5 Å². The Morgan fingerprint density at radius 2 is 2.07 bits per heavy atom. The molecule has 0 saturated carbocycles. The Bertz CT molecular complexity index is 1130. The summed E-state index contributed by atoms with van der Waals surface area (Å²) in [5.74, 6) is 0.202. The van der Waals surface area contributed by atoms with Crippen molar-refractivity contribution in [3.63, 3.8) is 0 Å². The first-order valence-corrected chi connectivity index (χ1v) is 12.1. The number of rotatable bonds is 7. The predicted molar refractivity (Wildman–Crippen MR) is 113 cm³/mol. The van der Waals surface area contributed by atoms with Crippen molar-refractivity contribution >= 4 is 38.4 Å². The normalized spacial score (nSPS) is 15.5. The molecule has 3 aromatic rings. The van der Waals surface area contributed by atoms with Gasteiger partial charge in [0.05, 0.1) is 29.1 Å². The molecule has 2 aromatic heterocycles. The average molecular weight is 450 g/mol. The van der Waals surface area contributed by atoms with Gasteiger partial charge in [0.2, 0.25) is 10.0 Å². The summed E-state index contributed by atoms with van der Waals surface area (Å²) in [7, 11) is -3.60. The number of carbonyl (C=O) groups excluding carboxylic acids is 1. The molecule has 0 amide bonds. The fourth-order valence-electron chi connectivity index (χ4n) is 3.44. The van der Waals surface area contributed by atoms with E-state index < -0.39 is 16.0 Å². The smallest absolute Gasteiger partial charge is 0.348 e. The Kier molecular flexibility index (Phi) is 6.19. The summed E-state index contributed by atoms with van der Waals surface area (Å²) in [5, 5.41) is 1.82. The highest BCUT2D eigenvalue weighted by Gasteiger charge is 2.27. The van der Waals surface area contributed by atoms with Gasteiger partial charge in [0.1, 0.15) is 17.3 Å². The summed E-state index contributed by atoms with van der Waals surface area (Å²) >= 11 is 1.32. The first-order chi connectivity index (χ1) is 14.5. The van der Waals surface area contributed by atoms with Crippen LogP contribution in [0.1, 0.15) is 28.8 Å². The van der Waals surface area contributed by atoms with Crippen molar-refractivity contribution in [3.05, 3.63) is 46.4 Å². The molecule has 1 aromatic carbocycles. The van der Waals surface area contributed by atoms with E-state index in [0.717, 1.165) is 11.9 Å². The summed E-state index contributed by atoms with van der Waals surface area (Å²) in [6, 6.07) is 8.49. The van der Waals surface area contributed by atoms with Gasteiger partial charge in [-0.2, -0.15) is 4.31 Å². The van der Waals surface area contributed by atoms with Gasteiger partial charge in [-0.05, 0) is 36.1 Å². The van der Waals surface area contributed by atoms with Crippen LogP contribution in [0.4, 0.5) is 0 Å². The molecule has 0 aliphatic carbocycles. The van der Waals surface area contributed by atoms with Crippen molar-refractivity contribution in [1.29, 1.82) is 0 Å². The number of ether oxygens (including phenoxy) is 2. The highest BCUT2D eigenvalue weighted by molar-refractivity contribution is 7.89. The van der Waals surface area contributed by atoms with Crippen LogP contribution in [0.25, 0.3) is 11.0 Å². The molecular weight excluding hydrogens is 426 g/mol. The molecule has 4 rings (SSSR count). The number of imidazole rings is 1. The van der Waals surface area contributed by atoms with E-state index in [1.807, 2.05) is 16.9 Å². The molecule has 0 unspecified atom stereocenters. The van der Waals surface area contributed by atoms with Crippen LogP contribution in [0, 0.1) is 0 Å². The molecule has 10 heteroatoms. The Labute approximate surface area is 179 Å². The zero-order chi connectivity index (χ0) is 21.1. The number of carbonyl (C=O) groups is 1. The third-order valence-corrected chi connectivity index (χ3v) is 7.65. The van der Waals surface area contributed by atoms with Crippen LogP contribution in [0.2, 0.25) is 0 Å². The van der Waals surface area contributed by atoms with E-state index in [4.69, 9.17) is 9.47 Å². The molecule has 160 valence electrons. The number of aromatic nitrogens is 2. The summed E-state index contributed by atoms with van der Waals surface area (Å²) in [6.45, 7) is 4.24. The molecule has 1 fully saturated rings. The number of nitrogens with zero attached hydrogens (tertiary/aromatic N) is 3. The van der Waals surface area contributed by atoms with Crippen LogP contribution >= 0.6 is 11.3 Å². The maximum Gasteiger partial charge on any atom is 0.348 e. The molecule has 0 N–H and O–H groups in total. The second-order valence-corrected chi connectivity index (χ2v) is 9.79. The molecule has 0 atom stereocenters. The molecular formula is C20H23N3O5S2. The van der Waals surface area contributed by atoms with Crippen molar-refractivity contribution in [3.8, 4) is 0 Å². The van der Waals surface area contributed by atoms with Crippen LogP contribution in [-0.2, 0) is 32.6 Å². The van der Waals surface area contributed by atoms with Crippen molar-refractivity contribution in [2.24, 2.45) is 0 Å². The molecule has 1 aliphatic heterocycles. The van der Waals surface area contributed by atoms with Gasteiger partial charge in [0.25, 0.3) is 0 Å². The maximum absolute atomic E-state index is 13.0. The lowest BCUT2D eigenvalue weighted by atomic mass is 10.3. The van der Waals surface area contributed by atoms with E-state index in [9.17, 15) is 13.2 Å². The summed E-state index contributed by atoms with van der Waals surface area (Å²) in [4.78, 5) is 17.5. The van der Waals surface area contributed by atoms with E-state index in [1.165, 1.54) is 15.6 Å². The van der Waals surface area contributed by atoms with Crippen LogP contribution in [0.15, 0.2) is 40.6 Å². The fraction of sp³-hybridized carbons (Fsp3) is 0.400. The number of hydrogen-bond donors (Lipinski definition) is 0. The quantitative estimate of drug-likeness (QED) is 0.515. The number of benzene rings is 1. The second kappa shape index (κ2) is 8.84. The van der Waals surface area contributed by atoms with Crippen molar-refractivity contribution in [1.82, 2.24) is 13.9 Å². The maximum atomic E-state index is 13.0. The van der Waals surface area contributed by atoms with Gasteiger partial charge in [-0.15, -0.1) is 11.3 Å². The lowest BCUT2D eigenvalue weighted by molar-refractivity contribution is 0.0464. The van der Waals surface area contributed by atoms with Crippen LogP contribution in [0.3, 0.4) is 0 Å². The van der Waals surface area contributed by atoms with Gasteiger partial charge in [0.15, 0.2) is 0 Å². The summed E-state index contributed by atoms with van der Waals surface area (Å²) < 4.78 is 40.0. The molecule has 1 aliphatic rings. The van der Waals surface area contributed by atoms with Gasteiger partial charge in [-0.3, -0.25) is 0 Å². The molecule has 3 heterocycles. The van der Waals surface area contributed by atoms with Gasteiger partial charge in [-0.25, -0.2) is 18.2 Å². The number of esters is 1. The zero-order valence-electron chi connectivity index (χ0n) is 16.6. The minimum absolute atomic E-state index is 0.0248. The minimum atomic E-state index is -3.60.